The van der Waals surface area contributed by atoms with Crippen LogP contribution in [0.5, 0.6) is 0 Å². The van der Waals surface area contributed by atoms with Crippen molar-refractivity contribution >= 4 is 29.5 Å². The van der Waals surface area contributed by atoms with Crippen molar-refractivity contribution in [2.75, 3.05) is 12.9 Å². The average molecular weight is 442 g/mol. The minimum Gasteiger partial charge on any atom is -0.465 e. The maximum Gasteiger partial charge on any atom is 0.339 e. The maximum atomic E-state index is 12.9. The molecule has 1 saturated heterocycles. The van der Waals surface area contributed by atoms with Crippen molar-refractivity contribution in [3.05, 3.63) is 58.3 Å². The van der Waals surface area contributed by atoms with Gasteiger partial charge in [-0.15, -0.1) is 11.8 Å². The number of hydrogen-bond acceptors (Lipinski definition) is 7. The second-order valence-corrected chi connectivity index (χ2v) is 9.10. The van der Waals surface area contributed by atoms with Gasteiger partial charge in [0, 0.05) is 24.3 Å². The van der Waals surface area contributed by atoms with Gasteiger partial charge in [0.05, 0.1) is 17.7 Å². The fourth-order valence-electron chi connectivity index (χ4n) is 3.98. The van der Waals surface area contributed by atoms with Crippen LogP contribution >= 0.6 is 11.8 Å². The number of nitrogens with zero attached hydrogens (tertiary/aromatic N) is 1. The van der Waals surface area contributed by atoms with Crippen LogP contribution in [0.4, 0.5) is 0 Å². The van der Waals surface area contributed by atoms with E-state index in [1.54, 1.807) is 12.1 Å². The van der Waals surface area contributed by atoms with E-state index in [0.717, 1.165) is 27.3 Å². The molecule has 3 unspecified atom stereocenters. The zero-order chi connectivity index (χ0) is 22.7. The van der Waals surface area contributed by atoms with Gasteiger partial charge in [0.15, 0.2) is 5.78 Å². The summed E-state index contributed by atoms with van der Waals surface area (Å²) in [4.78, 5) is 41.5. The number of Topliss-reactive ketones (excluding diaryl/α,β-unsaturated/α-hetero) is 1. The van der Waals surface area contributed by atoms with Gasteiger partial charge in [0.2, 0.25) is 0 Å². The summed E-state index contributed by atoms with van der Waals surface area (Å²) in [5.74, 6) is -1.23. The molecule has 1 aliphatic heterocycles. The predicted octanol–water partition coefficient (Wildman–Crippen LogP) is 4.19. The number of cyclic esters (lactones) is 1. The smallest absolute Gasteiger partial charge is 0.339 e. The van der Waals surface area contributed by atoms with Gasteiger partial charge in [-0.05, 0) is 49.6 Å². The molecular formula is C24H27NO5S. The highest BCUT2D eigenvalue weighted by Gasteiger charge is 2.41. The number of aryl methyl sites for hydroxylation is 3. The number of methoxy groups -OCH3 is 1. The van der Waals surface area contributed by atoms with E-state index in [9.17, 15) is 14.4 Å². The fourth-order valence-corrected chi connectivity index (χ4v) is 4.92. The van der Waals surface area contributed by atoms with Crippen molar-refractivity contribution in [1.29, 1.82) is 0 Å². The number of carbonyl (C=O) groups excluding carboxylic acids is 3. The molecule has 0 radical (unpaired) electrons. The van der Waals surface area contributed by atoms with E-state index in [0.29, 0.717) is 11.3 Å². The Labute approximate surface area is 186 Å². The summed E-state index contributed by atoms with van der Waals surface area (Å²) < 4.78 is 10.4. The van der Waals surface area contributed by atoms with E-state index >= 15 is 0 Å². The van der Waals surface area contributed by atoms with Gasteiger partial charge < -0.3 is 9.47 Å². The molecule has 0 amide bonds. The van der Waals surface area contributed by atoms with Crippen LogP contribution in [0.3, 0.4) is 0 Å². The van der Waals surface area contributed by atoms with Crippen LogP contribution < -0.4 is 0 Å². The fraction of sp³-hybridized carbons (Fsp3) is 0.417. The highest BCUT2D eigenvalue weighted by Crippen LogP contribution is 2.34. The Bertz CT molecular complexity index is 961. The number of hydrogen-bond donors (Lipinski definition) is 0. The molecular weight excluding hydrogens is 414 g/mol. The van der Waals surface area contributed by atoms with Crippen molar-refractivity contribution < 1.29 is 23.9 Å². The third kappa shape index (κ3) is 5.15. The van der Waals surface area contributed by atoms with E-state index in [-0.39, 0.29) is 18.1 Å². The molecule has 7 heteroatoms. The Hall–Kier alpha value is -2.67. The van der Waals surface area contributed by atoms with Crippen LogP contribution in [0.2, 0.25) is 0 Å². The zero-order valence-electron chi connectivity index (χ0n) is 18.4. The molecule has 1 aromatic heterocycles. The summed E-state index contributed by atoms with van der Waals surface area (Å²) in [5, 5.41) is 0.747. The van der Waals surface area contributed by atoms with Crippen molar-refractivity contribution in [3.63, 3.8) is 0 Å². The Morgan fingerprint density at radius 3 is 2.45 bits per heavy atom. The number of benzene rings is 1. The van der Waals surface area contributed by atoms with Crippen molar-refractivity contribution in [1.82, 2.24) is 4.98 Å². The van der Waals surface area contributed by atoms with E-state index < -0.39 is 24.0 Å². The molecule has 2 heterocycles. The molecule has 1 fully saturated rings. The van der Waals surface area contributed by atoms with E-state index in [1.807, 2.05) is 39.8 Å². The SMILES string of the molecule is COC(=O)c1ccc(SCC(C)C2CC(=O)C(c3c(C)cc(C)cc3C)C(=O)O2)nc1. The number of pyridine rings is 1. The Balaban J connectivity index is 1.64. The van der Waals surface area contributed by atoms with Crippen LogP contribution in [0.15, 0.2) is 35.5 Å². The monoisotopic (exact) mass is 441 g/mol. The molecule has 0 aliphatic carbocycles. The number of ketones is 1. The molecule has 6 nitrogen and oxygen atoms in total. The zero-order valence-corrected chi connectivity index (χ0v) is 19.2. The minimum absolute atomic E-state index is 0.0267. The van der Waals surface area contributed by atoms with Crippen LogP contribution in [0.1, 0.15) is 51.9 Å². The molecule has 0 saturated carbocycles. The van der Waals surface area contributed by atoms with Crippen LogP contribution in [-0.2, 0) is 19.1 Å². The van der Waals surface area contributed by atoms with Gasteiger partial charge >= 0.3 is 11.9 Å². The summed E-state index contributed by atoms with van der Waals surface area (Å²) in [7, 11) is 1.32. The molecule has 1 aromatic carbocycles. The first-order valence-electron chi connectivity index (χ1n) is 10.2. The first-order valence-corrected chi connectivity index (χ1v) is 11.2. The van der Waals surface area contributed by atoms with Gasteiger partial charge in [-0.2, -0.15) is 0 Å². The largest absolute Gasteiger partial charge is 0.465 e. The lowest BCUT2D eigenvalue weighted by Gasteiger charge is -2.32. The third-order valence-electron chi connectivity index (χ3n) is 5.54. The van der Waals surface area contributed by atoms with Crippen LogP contribution in [0, 0.1) is 26.7 Å². The van der Waals surface area contributed by atoms with Crippen molar-refractivity contribution in [2.24, 2.45) is 5.92 Å². The lowest BCUT2D eigenvalue weighted by atomic mass is 9.82. The lowest BCUT2D eigenvalue weighted by molar-refractivity contribution is -0.162. The minimum atomic E-state index is -0.843. The molecule has 2 aromatic rings. The standard InChI is InChI=1S/C24H27NO5S/c1-13-8-14(2)21(15(3)9-13)22-18(26)10-19(30-24(22)28)16(4)12-31-20-7-6-17(11-25-20)23(27)29-5/h6-9,11,16,19,22H,10,12H2,1-5H3. The summed E-state index contributed by atoms with van der Waals surface area (Å²) in [6.45, 7) is 7.82. The number of thioether (sulfide) groups is 1. The molecule has 164 valence electrons. The Kier molecular flexibility index (Phi) is 7.15. The van der Waals surface area contributed by atoms with Crippen LogP contribution in [-0.4, -0.2) is 41.7 Å². The van der Waals surface area contributed by atoms with Gasteiger partial charge in [-0.25, -0.2) is 9.78 Å². The normalized spacial score (nSPS) is 19.6. The number of aromatic nitrogens is 1. The Morgan fingerprint density at radius 1 is 1.23 bits per heavy atom. The lowest BCUT2D eigenvalue weighted by Crippen LogP contribution is -2.41. The first kappa shape index (κ1) is 23.0. The molecule has 3 atom stereocenters. The van der Waals surface area contributed by atoms with Gasteiger partial charge in [0.25, 0.3) is 0 Å². The second-order valence-electron chi connectivity index (χ2n) is 8.06. The molecule has 0 N–H and O–H groups in total. The summed E-state index contributed by atoms with van der Waals surface area (Å²) in [6.07, 6.45) is 1.23. The molecule has 0 bridgehead atoms. The summed E-state index contributed by atoms with van der Waals surface area (Å²) in [6, 6.07) is 7.40. The molecule has 0 spiro atoms. The van der Waals surface area contributed by atoms with E-state index in [1.165, 1.54) is 25.1 Å². The molecule has 1 aliphatic rings. The topological polar surface area (TPSA) is 82.6 Å². The number of rotatable bonds is 6. The van der Waals surface area contributed by atoms with Gasteiger partial charge in [-0.3, -0.25) is 9.59 Å². The van der Waals surface area contributed by atoms with E-state index in [2.05, 4.69) is 9.72 Å². The van der Waals surface area contributed by atoms with Crippen molar-refractivity contribution in [2.45, 2.75) is 51.2 Å². The third-order valence-corrected chi connectivity index (χ3v) is 6.77. The average Bonchev–Trinajstić information content (AvgIpc) is 2.72. The predicted molar refractivity (Wildman–Crippen MR) is 118 cm³/mol. The highest BCUT2D eigenvalue weighted by molar-refractivity contribution is 7.99. The number of carbonyl (C=O) groups is 3. The Morgan fingerprint density at radius 2 is 1.90 bits per heavy atom. The van der Waals surface area contributed by atoms with Gasteiger partial charge in [0.1, 0.15) is 12.0 Å². The van der Waals surface area contributed by atoms with Crippen LogP contribution in [0.25, 0.3) is 0 Å². The molecule has 3 rings (SSSR count). The number of ether oxygens (including phenoxy) is 2. The quantitative estimate of drug-likeness (QED) is 0.378. The highest BCUT2D eigenvalue weighted by atomic mass is 32.2. The van der Waals surface area contributed by atoms with Crippen molar-refractivity contribution in [3.8, 4) is 0 Å². The molecule has 31 heavy (non-hydrogen) atoms. The second kappa shape index (κ2) is 9.64. The first-order chi connectivity index (χ1) is 14.7. The maximum absolute atomic E-state index is 12.9. The van der Waals surface area contributed by atoms with E-state index in [4.69, 9.17) is 4.74 Å². The summed E-state index contributed by atoms with van der Waals surface area (Å²) >= 11 is 1.49. The van der Waals surface area contributed by atoms with Gasteiger partial charge in [-0.1, -0.05) is 24.6 Å². The summed E-state index contributed by atoms with van der Waals surface area (Å²) in [5.41, 5.74) is 4.15. The number of esters is 2.